The summed E-state index contributed by atoms with van der Waals surface area (Å²) in [5.74, 6) is 0. The number of nitro benzene ring substituents is 1. The zero-order valence-electron chi connectivity index (χ0n) is 7.41. The van der Waals surface area contributed by atoms with Crippen LogP contribution in [0.2, 0.25) is 0 Å². The number of nitro groups is 1. The van der Waals surface area contributed by atoms with Gasteiger partial charge in [-0.25, -0.2) is 0 Å². The summed E-state index contributed by atoms with van der Waals surface area (Å²) >= 11 is -0.475. The van der Waals surface area contributed by atoms with E-state index in [1.165, 1.54) is 0 Å². The molecule has 0 amide bonds. The molecule has 0 bridgehead atoms. The first-order chi connectivity index (χ1) is 7.39. The second-order valence-corrected chi connectivity index (χ2v) is 4.12. The van der Waals surface area contributed by atoms with Gasteiger partial charge in [-0.3, -0.25) is 0 Å². The molecule has 0 aliphatic heterocycles. The van der Waals surface area contributed by atoms with Crippen LogP contribution in [0.4, 0.5) is 18.9 Å². The molecule has 0 atom stereocenters. The van der Waals surface area contributed by atoms with Gasteiger partial charge >= 0.3 is 91.7 Å². The summed E-state index contributed by atoms with van der Waals surface area (Å²) in [4.78, 5) is 9.75. The Morgan fingerprint density at radius 3 is 2.69 bits per heavy atom. The number of hydrogen-bond acceptors (Lipinski definition) is 3. The van der Waals surface area contributed by atoms with Gasteiger partial charge in [0.15, 0.2) is 0 Å². The van der Waals surface area contributed by atoms with Crippen LogP contribution < -0.4 is 3.98 Å². The van der Waals surface area contributed by atoms with E-state index in [1.54, 1.807) is 0 Å². The Balaban J connectivity index is 2.76. The second kappa shape index (κ2) is 3.53. The van der Waals surface area contributed by atoms with E-state index in [0.29, 0.717) is 6.07 Å². The number of rotatable bonds is 1. The SMILES string of the molecule is O=[N+]([O-])c1cc(C(F)(F)F)cc2n[se][nH+]c12. The third-order valence-corrected chi connectivity index (χ3v) is 3.14. The normalized spacial score (nSPS) is 11.9. The molecule has 0 radical (unpaired) electrons. The standard InChI is InChI=1S/C7H2F3N3O2Se/c8-7(9,10)3-1-4-6(12-16-11-4)5(2-3)13(14)15/h1-2H/p+1. The first kappa shape index (κ1) is 11.0. The number of aromatic nitrogens is 2. The van der Waals surface area contributed by atoms with Crippen LogP contribution in [0.15, 0.2) is 12.1 Å². The van der Waals surface area contributed by atoms with Crippen molar-refractivity contribution in [3.8, 4) is 0 Å². The molecule has 0 aliphatic rings. The topological polar surface area (TPSA) is 70.2 Å². The van der Waals surface area contributed by atoms with Gasteiger partial charge < -0.3 is 0 Å². The minimum absolute atomic E-state index is 0.00141. The Labute approximate surface area is 92.3 Å². The number of H-pyrrole nitrogens is 1. The third-order valence-electron chi connectivity index (χ3n) is 1.91. The Morgan fingerprint density at radius 1 is 1.44 bits per heavy atom. The first-order valence-corrected chi connectivity index (χ1v) is 5.54. The van der Waals surface area contributed by atoms with Crippen LogP contribution in [-0.2, 0) is 6.18 Å². The zero-order valence-corrected chi connectivity index (χ0v) is 9.12. The molecule has 1 aromatic carbocycles. The number of aromatic amines is 1. The summed E-state index contributed by atoms with van der Waals surface area (Å²) in [5.41, 5.74) is -1.58. The number of halogens is 3. The van der Waals surface area contributed by atoms with Crippen molar-refractivity contribution in [2.24, 2.45) is 0 Å². The molecule has 0 spiro atoms. The van der Waals surface area contributed by atoms with Crippen LogP contribution in [0, 0.1) is 10.1 Å². The molecule has 2 rings (SSSR count). The van der Waals surface area contributed by atoms with E-state index in [2.05, 4.69) is 7.96 Å². The number of fused-ring (bicyclic) bond motifs is 1. The van der Waals surface area contributed by atoms with Gasteiger partial charge in [0, 0.05) is 0 Å². The molecule has 0 aliphatic carbocycles. The van der Waals surface area contributed by atoms with Crippen molar-refractivity contribution in [2.75, 3.05) is 0 Å². The third kappa shape index (κ3) is 1.79. The summed E-state index contributed by atoms with van der Waals surface area (Å²) in [7, 11) is 0. The number of alkyl halides is 3. The van der Waals surface area contributed by atoms with Crippen molar-refractivity contribution in [3.05, 3.63) is 27.8 Å². The predicted octanol–water partition coefficient (Wildman–Crippen LogP) is 1.03. The molecule has 1 heterocycles. The van der Waals surface area contributed by atoms with Gasteiger partial charge in [-0.05, 0) is 0 Å². The van der Waals surface area contributed by atoms with Crippen molar-refractivity contribution < 1.29 is 22.1 Å². The number of nitrogens with one attached hydrogen (secondary N) is 1. The van der Waals surface area contributed by atoms with E-state index in [1.807, 2.05) is 0 Å². The van der Waals surface area contributed by atoms with Crippen LogP contribution in [-0.4, -0.2) is 23.9 Å². The van der Waals surface area contributed by atoms with E-state index in [-0.39, 0.29) is 11.0 Å². The van der Waals surface area contributed by atoms with E-state index >= 15 is 0 Å². The molecule has 1 aromatic heterocycles. The summed E-state index contributed by atoms with van der Waals surface area (Å²) in [6.07, 6.45) is -4.61. The Morgan fingerprint density at radius 2 is 2.12 bits per heavy atom. The Bertz CT molecular complexity index is 565. The molecule has 0 saturated heterocycles. The Hall–Kier alpha value is -1.47. The molecular formula is C7H3F3N3O2Se+. The van der Waals surface area contributed by atoms with Gasteiger partial charge in [0.2, 0.25) is 0 Å². The minimum atomic E-state index is -4.61. The summed E-state index contributed by atoms with van der Waals surface area (Å²) in [6.45, 7) is 0. The van der Waals surface area contributed by atoms with Gasteiger partial charge in [0.25, 0.3) is 0 Å². The number of nitrogens with zero attached hydrogens (tertiary/aromatic N) is 2. The van der Waals surface area contributed by atoms with Crippen LogP contribution in [0.25, 0.3) is 11.0 Å². The fraction of sp³-hybridized carbons (Fsp3) is 0.143. The number of non-ortho nitro benzene ring substituents is 1. The molecule has 16 heavy (non-hydrogen) atoms. The fourth-order valence-electron chi connectivity index (χ4n) is 1.21. The molecule has 84 valence electrons. The van der Waals surface area contributed by atoms with Crippen LogP contribution in [0.1, 0.15) is 5.56 Å². The molecule has 0 unspecified atom stereocenters. The zero-order chi connectivity index (χ0) is 11.9. The summed E-state index contributed by atoms with van der Waals surface area (Å²) in [5, 5.41) is 10.6. The molecule has 9 heteroatoms. The molecule has 5 nitrogen and oxygen atoms in total. The van der Waals surface area contributed by atoms with Crippen molar-refractivity contribution in [2.45, 2.75) is 6.18 Å². The molecule has 0 fully saturated rings. The van der Waals surface area contributed by atoms with Gasteiger partial charge in [0.05, 0.1) is 0 Å². The fourth-order valence-corrected chi connectivity index (χ4v) is 2.45. The van der Waals surface area contributed by atoms with Gasteiger partial charge in [-0.2, -0.15) is 0 Å². The maximum atomic E-state index is 12.4. The van der Waals surface area contributed by atoms with E-state index in [4.69, 9.17) is 0 Å². The van der Waals surface area contributed by atoms with Gasteiger partial charge in [0.1, 0.15) is 0 Å². The van der Waals surface area contributed by atoms with Crippen molar-refractivity contribution in [1.82, 2.24) is 3.98 Å². The monoisotopic (exact) mass is 298 g/mol. The summed E-state index contributed by atoms with van der Waals surface area (Å²) < 4.78 is 43.6. The second-order valence-electron chi connectivity index (χ2n) is 2.93. The van der Waals surface area contributed by atoms with Crippen LogP contribution >= 0.6 is 0 Å². The van der Waals surface area contributed by atoms with E-state index in [9.17, 15) is 23.3 Å². The van der Waals surface area contributed by atoms with Crippen molar-refractivity contribution >= 4 is 31.7 Å². The average molecular weight is 297 g/mol. The quantitative estimate of drug-likeness (QED) is 0.448. The first-order valence-electron chi connectivity index (χ1n) is 3.92. The predicted molar refractivity (Wildman–Crippen MR) is 46.9 cm³/mol. The average Bonchev–Trinajstić information content (AvgIpc) is 2.61. The molecular weight excluding hydrogens is 294 g/mol. The van der Waals surface area contributed by atoms with E-state index < -0.39 is 37.3 Å². The maximum absolute atomic E-state index is 12.4. The van der Waals surface area contributed by atoms with Crippen LogP contribution in [0.5, 0.6) is 0 Å². The van der Waals surface area contributed by atoms with E-state index in [0.717, 1.165) is 6.07 Å². The molecule has 2 aromatic rings. The molecule has 0 saturated carbocycles. The molecule has 1 N–H and O–H groups in total. The number of benzene rings is 1. The number of hydrogen-bond donors (Lipinski definition) is 0. The van der Waals surface area contributed by atoms with Crippen molar-refractivity contribution in [3.63, 3.8) is 0 Å². The summed E-state index contributed by atoms with van der Waals surface area (Å²) in [6, 6.07) is 1.33. The van der Waals surface area contributed by atoms with Gasteiger partial charge in [-0.15, -0.1) is 0 Å². The van der Waals surface area contributed by atoms with Gasteiger partial charge in [-0.1, -0.05) is 0 Å². The Kier molecular flexibility index (Phi) is 2.43. The van der Waals surface area contributed by atoms with Crippen molar-refractivity contribution in [1.29, 1.82) is 0 Å². The van der Waals surface area contributed by atoms with Crippen LogP contribution in [0.3, 0.4) is 0 Å².